The average molecular weight is 265 g/mol. The molecule has 0 atom stereocenters. The lowest BCUT2D eigenvalue weighted by atomic mass is 10.1. The van der Waals surface area contributed by atoms with Crippen LogP contribution in [0, 0.1) is 6.57 Å². The number of hydrogen-bond donors (Lipinski definition) is 1. The first-order chi connectivity index (χ1) is 9.76. The van der Waals surface area contributed by atoms with Crippen LogP contribution in [-0.4, -0.2) is 19.6 Å². The first-order valence-electron chi connectivity index (χ1n) is 6.18. The van der Waals surface area contributed by atoms with Gasteiger partial charge in [-0.05, 0) is 18.6 Å². The second-order valence-electron chi connectivity index (χ2n) is 4.24. The Morgan fingerprint density at radius 2 is 2.30 bits per heavy atom. The van der Waals surface area contributed by atoms with E-state index in [1.54, 1.807) is 12.3 Å². The van der Waals surface area contributed by atoms with Gasteiger partial charge in [-0.3, -0.25) is 9.78 Å². The van der Waals surface area contributed by atoms with E-state index in [1.807, 2.05) is 19.1 Å². The van der Waals surface area contributed by atoms with E-state index in [4.69, 9.17) is 6.57 Å². The fourth-order valence-electron chi connectivity index (χ4n) is 2.15. The highest BCUT2D eigenvalue weighted by Crippen LogP contribution is 2.22. The number of H-pyrrole nitrogens is 1. The summed E-state index contributed by atoms with van der Waals surface area (Å²) in [6.07, 6.45) is 3.69. The third kappa shape index (κ3) is 1.68. The predicted molar refractivity (Wildman–Crippen MR) is 74.7 cm³/mol. The van der Waals surface area contributed by atoms with E-state index in [-0.39, 0.29) is 5.56 Å². The van der Waals surface area contributed by atoms with E-state index in [9.17, 15) is 4.79 Å². The molecule has 0 spiro atoms. The predicted octanol–water partition coefficient (Wildman–Crippen LogP) is 2.20. The number of rotatable bonds is 2. The van der Waals surface area contributed by atoms with E-state index >= 15 is 0 Å². The van der Waals surface area contributed by atoms with Crippen LogP contribution in [0.1, 0.15) is 12.5 Å². The number of nitrogens with one attached hydrogen (secondary N) is 1. The van der Waals surface area contributed by atoms with Crippen molar-refractivity contribution in [3.63, 3.8) is 0 Å². The molecular weight excluding hydrogens is 254 g/mol. The summed E-state index contributed by atoms with van der Waals surface area (Å²) in [5.41, 5.74) is 2.24. The zero-order valence-corrected chi connectivity index (χ0v) is 10.8. The molecule has 3 heterocycles. The van der Waals surface area contributed by atoms with Gasteiger partial charge >= 0.3 is 0 Å². The largest absolute Gasteiger partial charge is 0.308 e. The van der Waals surface area contributed by atoms with Crippen LogP contribution in [0.3, 0.4) is 0 Å². The molecule has 0 aliphatic heterocycles. The molecule has 0 saturated carbocycles. The molecule has 6 heteroatoms. The van der Waals surface area contributed by atoms with Crippen molar-refractivity contribution in [1.82, 2.24) is 19.6 Å². The fourth-order valence-corrected chi connectivity index (χ4v) is 2.15. The maximum atomic E-state index is 12.4. The number of hydrogen-bond acceptors (Lipinski definition) is 3. The Kier molecular flexibility index (Phi) is 2.80. The molecule has 0 unspecified atom stereocenters. The summed E-state index contributed by atoms with van der Waals surface area (Å²) in [6, 6.07) is 5.46. The van der Waals surface area contributed by atoms with Crippen molar-refractivity contribution in [2.24, 2.45) is 0 Å². The quantitative estimate of drug-likeness (QED) is 0.722. The molecule has 3 aromatic heterocycles. The Bertz CT molecular complexity index is 870. The standard InChI is InChI=1S/C14H11N5O/c1-3-9-12(10-6-4-5-7-16-10)18-13-11(15-2)8-17-19(13)14(9)20/h4-8,17H,3H2,1H3. The summed E-state index contributed by atoms with van der Waals surface area (Å²) in [4.78, 5) is 24.5. The number of aromatic nitrogens is 4. The maximum Gasteiger partial charge on any atom is 0.275 e. The van der Waals surface area contributed by atoms with Crippen molar-refractivity contribution in [1.29, 1.82) is 0 Å². The Balaban J connectivity index is 2.42. The number of pyridine rings is 1. The number of nitrogens with zero attached hydrogens (tertiary/aromatic N) is 4. The highest BCUT2D eigenvalue weighted by Gasteiger charge is 2.16. The molecule has 1 N–H and O–H groups in total. The zero-order valence-electron chi connectivity index (χ0n) is 10.8. The molecule has 6 nitrogen and oxygen atoms in total. The molecule has 0 fully saturated rings. The van der Waals surface area contributed by atoms with Crippen molar-refractivity contribution in [2.75, 3.05) is 0 Å². The summed E-state index contributed by atoms with van der Waals surface area (Å²) in [5, 5.41) is 2.77. The van der Waals surface area contributed by atoms with Gasteiger partial charge in [0.1, 0.15) is 0 Å². The summed E-state index contributed by atoms with van der Waals surface area (Å²) in [7, 11) is 0. The third-order valence-electron chi connectivity index (χ3n) is 3.12. The van der Waals surface area contributed by atoms with Crippen LogP contribution in [0.2, 0.25) is 0 Å². The molecule has 0 amide bonds. The lowest BCUT2D eigenvalue weighted by molar-refractivity contribution is 0.869. The highest BCUT2D eigenvalue weighted by molar-refractivity contribution is 5.71. The van der Waals surface area contributed by atoms with Crippen LogP contribution in [-0.2, 0) is 6.42 Å². The van der Waals surface area contributed by atoms with Crippen molar-refractivity contribution in [3.05, 3.63) is 57.9 Å². The van der Waals surface area contributed by atoms with Gasteiger partial charge in [-0.1, -0.05) is 13.0 Å². The van der Waals surface area contributed by atoms with Gasteiger partial charge in [0.25, 0.3) is 5.56 Å². The van der Waals surface area contributed by atoms with Gasteiger partial charge in [-0.15, -0.1) is 0 Å². The lowest BCUT2D eigenvalue weighted by Crippen LogP contribution is -2.21. The average Bonchev–Trinajstić information content (AvgIpc) is 2.91. The Morgan fingerprint density at radius 3 is 2.95 bits per heavy atom. The smallest absolute Gasteiger partial charge is 0.275 e. The first kappa shape index (κ1) is 12.1. The monoisotopic (exact) mass is 265 g/mol. The fraction of sp³-hybridized carbons (Fsp3) is 0.143. The molecule has 0 aliphatic rings. The molecule has 0 bridgehead atoms. The Labute approximate surface area is 114 Å². The molecule has 0 saturated heterocycles. The summed E-state index contributed by atoms with van der Waals surface area (Å²) < 4.78 is 1.30. The van der Waals surface area contributed by atoms with Crippen molar-refractivity contribution < 1.29 is 0 Å². The minimum Gasteiger partial charge on any atom is -0.308 e. The zero-order chi connectivity index (χ0) is 14.1. The van der Waals surface area contributed by atoms with Crippen LogP contribution in [0.15, 0.2) is 35.4 Å². The van der Waals surface area contributed by atoms with Crippen molar-refractivity contribution >= 4 is 11.3 Å². The van der Waals surface area contributed by atoms with Crippen LogP contribution in [0.4, 0.5) is 5.69 Å². The van der Waals surface area contributed by atoms with E-state index in [0.29, 0.717) is 34.7 Å². The summed E-state index contributed by atoms with van der Waals surface area (Å²) in [6.45, 7) is 9.02. The topological polar surface area (TPSA) is 67.4 Å². The summed E-state index contributed by atoms with van der Waals surface area (Å²) >= 11 is 0. The van der Waals surface area contributed by atoms with E-state index in [1.165, 1.54) is 10.7 Å². The second kappa shape index (κ2) is 4.63. The van der Waals surface area contributed by atoms with Gasteiger partial charge in [0.05, 0.1) is 18.0 Å². The Hall–Kier alpha value is -2.94. The van der Waals surface area contributed by atoms with Crippen LogP contribution in [0.5, 0.6) is 0 Å². The second-order valence-corrected chi connectivity index (χ2v) is 4.24. The minimum absolute atomic E-state index is 0.187. The van der Waals surface area contributed by atoms with Gasteiger partial charge in [0, 0.05) is 18.0 Å². The normalized spacial score (nSPS) is 10.6. The highest BCUT2D eigenvalue weighted by atomic mass is 16.1. The summed E-state index contributed by atoms with van der Waals surface area (Å²) in [5.74, 6) is 0. The molecule has 20 heavy (non-hydrogen) atoms. The first-order valence-corrected chi connectivity index (χ1v) is 6.18. The third-order valence-corrected chi connectivity index (χ3v) is 3.12. The van der Waals surface area contributed by atoms with Gasteiger partial charge in [-0.25, -0.2) is 14.3 Å². The van der Waals surface area contributed by atoms with Crippen molar-refractivity contribution in [2.45, 2.75) is 13.3 Å². The molecule has 0 aromatic carbocycles. The SMILES string of the molecule is [C-]#[N+]c1c[nH]n2c(=O)c(CC)c(-c3ccccn3)nc12. The Morgan fingerprint density at radius 1 is 1.45 bits per heavy atom. The van der Waals surface area contributed by atoms with Gasteiger partial charge < -0.3 is 5.10 Å². The van der Waals surface area contributed by atoms with Gasteiger partial charge in [0.2, 0.25) is 5.69 Å². The molecular formula is C14H11N5O. The van der Waals surface area contributed by atoms with Gasteiger partial charge in [-0.2, -0.15) is 0 Å². The minimum atomic E-state index is -0.187. The molecule has 98 valence electrons. The van der Waals surface area contributed by atoms with E-state index in [2.05, 4.69) is 19.9 Å². The van der Waals surface area contributed by atoms with Gasteiger partial charge in [0.15, 0.2) is 5.65 Å². The van der Waals surface area contributed by atoms with E-state index in [0.717, 1.165) is 0 Å². The molecule has 3 aromatic rings. The van der Waals surface area contributed by atoms with E-state index < -0.39 is 0 Å². The lowest BCUT2D eigenvalue weighted by Gasteiger charge is -2.06. The maximum absolute atomic E-state index is 12.4. The van der Waals surface area contributed by atoms with Crippen LogP contribution in [0.25, 0.3) is 21.9 Å². The van der Waals surface area contributed by atoms with Crippen molar-refractivity contribution in [3.8, 4) is 11.4 Å². The number of fused-ring (bicyclic) bond motifs is 1. The molecule has 3 rings (SSSR count). The van der Waals surface area contributed by atoms with Crippen LogP contribution < -0.4 is 5.56 Å². The number of aromatic amines is 1. The van der Waals surface area contributed by atoms with Crippen LogP contribution >= 0.6 is 0 Å². The molecule has 0 aliphatic carbocycles. The molecule has 0 radical (unpaired) electrons.